The Hall–Kier alpha value is -1.48. The molecule has 0 spiro atoms. The smallest absolute Gasteiger partial charge is 0.144 e. The van der Waals surface area contributed by atoms with Crippen molar-refractivity contribution in [2.75, 3.05) is 6.61 Å². The molecule has 1 aromatic carbocycles. The van der Waals surface area contributed by atoms with Gasteiger partial charge in [-0.15, -0.1) is 0 Å². The van der Waals surface area contributed by atoms with Crippen molar-refractivity contribution < 1.29 is 4.74 Å². The number of nitrogens with zero attached hydrogens (tertiary/aromatic N) is 2. The first-order valence-corrected chi connectivity index (χ1v) is 5.12. The molecule has 0 saturated carbocycles. The van der Waals surface area contributed by atoms with Gasteiger partial charge in [-0.05, 0) is 25.1 Å². The highest BCUT2D eigenvalue weighted by Gasteiger charge is 2.07. The van der Waals surface area contributed by atoms with Crippen molar-refractivity contribution in [3.8, 4) is 11.4 Å². The van der Waals surface area contributed by atoms with Crippen molar-refractivity contribution in [3.05, 3.63) is 41.7 Å². The summed E-state index contributed by atoms with van der Waals surface area (Å²) in [6, 6.07) is 9.41. The third-order valence-corrected chi connectivity index (χ3v) is 2.28. The van der Waals surface area contributed by atoms with Gasteiger partial charge >= 0.3 is 0 Å². The van der Waals surface area contributed by atoms with E-state index in [0.717, 1.165) is 11.4 Å². The number of ether oxygens (including phenoxy) is 1. The summed E-state index contributed by atoms with van der Waals surface area (Å²) in [6.07, 6.45) is 1.66. The van der Waals surface area contributed by atoms with E-state index in [1.165, 1.54) is 0 Å². The third kappa shape index (κ3) is 1.97. The average Bonchev–Trinajstić information content (AvgIpc) is 2.66. The SMILES string of the molecule is CCOc1ccccc1-n1nccc1Cl. The first-order chi connectivity index (χ1) is 7.33. The fraction of sp³-hybridized carbons (Fsp3) is 0.182. The zero-order chi connectivity index (χ0) is 10.7. The molecule has 0 radical (unpaired) electrons. The van der Waals surface area contributed by atoms with Gasteiger partial charge in [0.05, 0.1) is 12.8 Å². The minimum Gasteiger partial charge on any atom is -0.492 e. The topological polar surface area (TPSA) is 27.1 Å². The second-order valence-corrected chi connectivity index (χ2v) is 3.35. The highest BCUT2D eigenvalue weighted by atomic mass is 35.5. The lowest BCUT2D eigenvalue weighted by Gasteiger charge is -2.10. The number of benzene rings is 1. The highest BCUT2D eigenvalue weighted by molar-refractivity contribution is 6.29. The number of halogens is 1. The molecule has 4 heteroatoms. The summed E-state index contributed by atoms with van der Waals surface area (Å²) in [4.78, 5) is 0. The van der Waals surface area contributed by atoms with Crippen molar-refractivity contribution in [3.63, 3.8) is 0 Å². The van der Waals surface area contributed by atoms with Crippen molar-refractivity contribution in [1.82, 2.24) is 9.78 Å². The standard InChI is InChI=1S/C11H11ClN2O/c1-2-15-10-6-4-3-5-9(10)14-11(12)7-8-13-14/h3-8H,2H2,1H3. The summed E-state index contributed by atoms with van der Waals surface area (Å²) in [5, 5.41) is 4.71. The number of rotatable bonds is 3. The van der Waals surface area contributed by atoms with Crippen LogP contribution in [0.3, 0.4) is 0 Å². The van der Waals surface area contributed by atoms with E-state index in [1.54, 1.807) is 16.9 Å². The Morgan fingerprint density at radius 2 is 2.13 bits per heavy atom. The zero-order valence-corrected chi connectivity index (χ0v) is 9.11. The minimum atomic E-state index is 0.571. The van der Waals surface area contributed by atoms with Crippen LogP contribution in [0.15, 0.2) is 36.5 Å². The van der Waals surface area contributed by atoms with Crippen LogP contribution in [-0.4, -0.2) is 16.4 Å². The lowest BCUT2D eigenvalue weighted by Crippen LogP contribution is -2.01. The summed E-state index contributed by atoms with van der Waals surface area (Å²) in [5.41, 5.74) is 0.856. The van der Waals surface area contributed by atoms with Gasteiger partial charge in [0.2, 0.25) is 0 Å². The van der Waals surface area contributed by atoms with Crippen LogP contribution in [0.4, 0.5) is 0 Å². The quantitative estimate of drug-likeness (QED) is 0.799. The molecular weight excluding hydrogens is 212 g/mol. The first-order valence-electron chi connectivity index (χ1n) is 4.74. The Kier molecular flexibility index (Phi) is 2.92. The van der Waals surface area contributed by atoms with Gasteiger partial charge in [0.25, 0.3) is 0 Å². The Labute approximate surface area is 93.2 Å². The van der Waals surface area contributed by atoms with Crippen molar-refractivity contribution in [2.24, 2.45) is 0 Å². The van der Waals surface area contributed by atoms with Crippen LogP contribution in [0.1, 0.15) is 6.92 Å². The molecule has 0 unspecified atom stereocenters. The van der Waals surface area contributed by atoms with Gasteiger partial charge in [-0.1, -0.05) is 23.7 Å². The lowest BCUT2D eigenvalue weighted by atomic mass is 10.3. The maximum atomic E-state index is 5.99. The summed E-state index contributed by atoms with van der Waals surface area (Å²) < 4.78 is 7.14. The molecule has 2 rings (SSSR count). The van der Waals surface area contributed by atoms with Crippen molar-refractivity contribution in [2.45, 2.75) is 6.92 Å². The maximum Gasteiger partial charge on any atom is 0.144 e. The molecule has 1 aromatic heterocycles. The average molecular weight is 223 g/mol. The molecule has 1 heterocycles. The molecule has 0 fully saturated rings. The van der Waals surface area contributed by atoms with E-state index in [1.807, 2.05) is 31.2 Å². The molecule has 0 aliphatic rings. The molecule has 0 saturated heterocycles. The van der Waals surface area contributed by atoms with Crippen molar-refractivity contribution >= 4 is 11.6 Å². The molecule has 0 bridgehead atoms. The molecule has 0 atom stereocenters. The van der Waals surface area contributed by atoms with Gasteiger partial charge in [-0.25, -0.2) is 4.68 Å². The Bertz CT molecular complexity index is 453. The second-order valence-electron chi connectivity index (χ2n) is 2.97. The van der Waals surface area contributed by atoms with E-state index in [0.29, 0.717) is 11.8 Å². The summed E-state index contributed by atoms with van der Waals surface area (Å²) in [5.74, 6) is 0.783. The maximum absolute atomic E-state index is 5.99. The van der Waals surface area contributed by atoms with Gasteiger partial charge in [0.15, 0.2) is 0 Å². The summed E-state index contributed by atoms with van der Waals surface area (Å²) in [6.45, 7) is 2.57. The van der Waals surface area contributed by atoms with Crippen LogP contribution in [0.25, 0.3) is 5.69 Å². The Morgan fingerprint density at radius 1 is 1.33 bits per heavy atom. The minimum absolute atomic E-state index is 0.571. The largest absolute Gasteiger partial charge is 0.492 e. The Morgan fingerprint density at radius 3 is 2.80 bits per heavy atom. The summed E-state index contributed by atoms with van der Waals surface area (Å²) >= 11 is 5.99. The number of aromatic nitrogens is 2. The molecule has 15 heavy (non-hydrogen) atoms. The van der Waals surface area contributed by atoms with E-state index in [9.17, 15) is 0 Å². The van der Waals surface area contributed by atoms with Crippen LogP contribution >= 0.6 is 11.6 Å². The van der Waals surface area contributed by atoms with Crippen molar-refractivity contribution in [1.29, 1.82) is 0 Å². The highest BCUT2D eigenvalue weighted by Crippen LogP contribution is 2.24. The third-order valence-electron chi connectivity index (χ3n) is 1.99. The predicted octanol–water partition coefficient (Wildman–Crippen LogP) is 2.92. The van der Waals surface area contributed by atoms with Crippen LogP contribution in [-0.2, 0) is 0 Å². The van der Waals surface area contributed by atoms with E-state index in [4.69, 9.17) is 16.3 Å². The van der Waals surface area contributed by atoms with Crippen LogP contribution in [0, 0.1) is 0 Å². The molecule has 78 valence electrons. The molecule has 0 amide bonds. The van der Waals surface area contributed by atoms with E-state index in [2.05, 4.69) is 5.10 Å². The second kappa shape index (κ2) is 4.36. The zero-order valence-electron chi connectivity index (χ0n) is 8.35. The van der Waals surface area contributed by atoms with E-state index in [-0.39, 0.29) is 0 Å². The molecule has 2 aromatic rings. The van der Waals surface area contributed by atoms with Gasteiger partial charge < -0.3 is 4.74 Å². The fourth-order valence-electron chi connectivity index (χ4n) is 1.37. The molecule has 0 aliphatic carbocycles. The molecule has 3 nitrogen and oxygen atoms in total. The Balaban J connectivity index is 2.48. The molecule has 0 aliphatic heterocycles. The van der Waals surface area contributed by atoms with E-state index < -0.39 is 0 Å². The number of para-hydroxylation sites is 2. The van der Waals surface area contributed by atoms with Gasteiger partial charge in [0.1, 0.15) is 16.6 Å². The summed E-state index contributed by atoms with van der Waals surface area (Å²) in [7, 11) is 0. The first kappa shape index (κ1) is 10.1. The van der Waals surface area contributed by atoms with Gasteiger partial charge in [-0.3, -0.25) is 0 Å². The molecular formula is C11H11ClN2O. The molecule has 0 N–H and O–H groups in total. The van der Waals surface area contributed by atoms with E-state index >= 15 is 0 Å². The lowest BCUT2D eigenvalue weighted by molar-refractivity contribution is 0.338. The van der Waals surface area contributed by atoms with Crippen LogP contribution in [0.2, 0.25) is 5.15 Å². The van der Waals surface area contributed by atoms with Gasteiger partial charge in [0, 0.05) is 0 Å². The monoisotopic (exact) mass is 222 g/mol. The van der Waals surface area contributed by atoms with Crippen LogP contribution in [0.5, 0.6) is 5.75 Å². The van der Waals surface area contributed by atoms with Crippen LogP contribution < -0.4 is 4.74 Å². The fourth-order valence-corrected chi connectivity index (χ4v) is 1.57. The number of hydrogen-bond acceptors (Lipinski definition) is 2. The predicted molar refractivity (Wildman–Crippen MR) is 59.7 cm³/mol. The van der Waals surface area contributed by atoms with Gasteiger partial charge in [-0.2, -0.15) is 5.10 Å². The number of hydrogen-bond donors (Lipinski definition) is 0. The normalized spacial score (nSPS) is 10.3.